The fourth-order valence-electron chi connectivity index (χ4n) is 3.34. The van der Waals surface area contributed by atoms with E-state index in [9.17, 15) is 14.4 Å². The topological polar surface area (TPSA) is 101 Å². The molecule has 1 atom stereocenters. The van der Waals surface area contributed by atoms with Crippen LogP contribution in [0.4, 0.5) is 4.79 Å². The van der Waals surface area contributed by atoms with E-state index in [-0.39, 0.29) is 23.1 Å². The van der Waals surface area contributed by atoms with Crippen LogP contribution in [-0.4, -0.2) is 30.3 Å². The maximum atomic E-state index is 13.0. The molecule has 1 rings (SSSR count). The van der Waals surface area contributed by atoms with Crippen LogP contribution in [-0.2, 0) is 9.59 Å². The third kappa shape index (κ3) is 5.44. The number of primary amides is 1. The summed E-state index contributed by atoms with van der Waals surface area (Å²) in [5, 5.41) is 5.71. The van der Waals surface area contributed by atoms with Gasteiger partial charge in [-0.2, -0.15) is 0 Å². The van der Waals surface area contributed by atoms with Crippen molar-refractivity contribution < 1.29 is 14.4 Å². The van der Waals surface area contributed by atoms with Crippen LogP contribution < -0.4 is 16.4 Å². The van der Waals surface area contributed by atoms with Crippen molar-refractivity contribution in [3.63, 3.8) is 0 Å². The van der Waals surface area contributed by atoms with Gasteiger partial charge in [-0.15, -0.1) is 0 Å². The molecule has 25 heavy (non-hydrogen) atoms. The van der Waals surface area contributed by atoms with E-state index in [1.807, 2.05) is 20.8 Å². The second-order valence-electron chi connectivity index (χ2n) is 9.34. The summed E-state index contributed by atoms with van der Waals surface area (Å²) >= 11 is 0. The smallest absolute Gasteiger partial charge is 0.312 e. The number of urea groups is 1. The van der Waals surface area contributed by atoms with Crippen molar-refractivity contribution in [2.45, 2.75) is 79.7 Å². The molecule has 0 bridgehead atoms. The van der Waals surface area contributed by atoms with Gasteiger partial charge >= 0.3 is 6.03 Å². The molecule has 1 aliphatic carbocycles. The predicted octanol–water partition coefficient (Wildman–Crippen LogP) is 2.75. The molecule has 0 radical (unpaired) electrons. The van der Waals surface area contributed by atoms with Crippen molar-refractivity contribution in [2.75, 3.05) is 6.54 Å². The molecule has 1 fully saturated rings. The Bertz CT molecular complexity index is 511. The number of nitrogens with two attached hydrogens (primary N) is 1. The van der Waals surface area contributed by atoms with E-state index in [1.165, 1.54) is 0 Å². The quantitative estimate of drug-likeness (QED) is 0.484. The zero-order valence-corrected chi connectivity index (χ0v) is 16.6. The van der Waals surface area contributed by atoms with Gasteiger partial charge in [-0.1, -0.05) is 48.0 Å². The molecule has 144 valence electrons. The van der Waals surface area contributed by atoms with Crippen LogP contribution in [0.25, 0.3) is 0 Å². The van der Waals surface area contributed by atoms with Crippen LogP contribution in [0, 0.1) is 16.2 Å². The van der Waals surface area contributed by atoms with Gasteiger partial charge < -0.3 is 16.4 Å². The number of rotatable bonds is 7. The monoisotopic (exact) mass is 353 g/mol. The average Bonchev–Trinajstić information content (AvgIpc) is 2.38. The first-order valence-corrected chi connectivity index (χ1v) is 9.20. The number of carbonyl (C=O) groups excluding carboxylic acids is 3. The minimum absolute atomic E-state index is 0.0341. The largest absolute Gasteiger partial charge is 0.352 e. The normalized spacial score (nSPS) is 18.0. The summed E-state index contributed by atoms with van der Waals surface area (Å²) in [6.45, 7) is 12.3. The van der Waals surface area contributed by atoms with Crippen molar-refractivity contribution in [1.29, 1.82) is 0 Å². The first-order valence-electron chi connectivity index (χ1n) is 9.20. The molecule has 0 spiro atoms. The summed E-state index contributed by atoms with van der Waals surface area (Å²) in [5.74, 6) is -0.103. The number of nitrogens with one attached hydrogen (secondary N) is 2. The summed E-state index contributed by atoms with van der Waals surface area (Å²) in [5.41, 5.74) is 3.54. The van der Waals surface area contributed by atoms with Gasteiger partial charge in [0.1, 0.15) is 5.41 Å². The van der Waals surface area contributed by atoms with Gasteiger partial charge in [0.25, 0.3) is 0 Å². The van der Waals surface area contributed by atoms with Gasteiger partial charge in [0.05, 0.1) is 0 Å². The van der Waals surface area contributed by atoms with Crippen molar-refractivity contribution in [3.05, 3.63) is 0 Å². The molecule has 0 aromatic carbocycles. The van der Waals surface area contributed by atoms with Gasteiger partial charge in [0.2, 0.25) is 5.91 Å². The molecule has 0 unspecified atom stereocenters. The summed E-state index contributed by atoms with van der Waals surface area (Å²) in [4.78, 5) is 36.6. The molecule has 6 nitrogen and oxygen atoms in total. The number of hydrogen-bond donors (Lipinski definition) is 3. The first-order chi connectivity index (χ1) is 11.3. The fraction of sp³-hybridized carbons (Fsp3) is 0.842. The highest BCUT2D eigenvalue weighted by atomic mass is 16.2. The number of Topliss-reactive ketones (excluding diaryl/α,β-unsaturated/α-hetero) is 1. The third-order valence-electron chi connectivity index (χ3n) is 5.08. The molecule has 6 heteroatoms. The molecule has 3 amide bonds. The van der Waals surface area contributed by atoms with Gasteiger partial charge in [0, 0.05) is 18.0 Å². The molecular weight excluding hydrogens is 318 g/mol. The highest BCUT2D eigenvalue weighted by Gasteiger charge is 2.54. The zero-order valence-electron chi connectivity index (χ0n) is 16.6. The van der Waals surface area contributed by atoms with Gasteiger partial charge in [-0.25, -0.2) is 4.79 Å². The van der Waals surface area contributed by atoms with Gasteiger partial charge in [-0.05, 0) is 31.1 Å². The Morgan fingerprint density at radius 3 is 2.00 bits per heavy atom. The van der Waals surface area contributed by atoms with Crippen molar-refractivity contribution in [3.8, 4) is 0 Å². The van der Waals surface area contributed by atoms with Crippen LogP contribution in [0.15, 0.2) is 0 Å². The molecule has 1 aliphatic rings. The van der Waals surface area contributed by atoms with E-state index < -0.39 is 16.9 Å². The maximum absolute atomic E-state index is 13.0. The Balaban J connectivity index is 2.80. The van der Waals surface area contributed by atoms with E-state index in [1.54, 1.807) is 0 Å². The number of carbonyl (C=O) groups is 3. The maximum Gasteiger partial charge on any atom is 0.312 e. The van der Waals surface area contributed by atoms with Crippen molar-refractivity contribution >= 4 is 17.7 Å². The second-order valence-corrected chi connectivity index (χ2v) is 9.34. The Morgan fingerprint density at radius 1 is 1.08 bits per heavy atom. The van der Waals surface area contributed by atoms with E-state index in [0.717, 1.165) is 12.8 Å². The van der Waals surface area contributed by atoms with Crippen LogP contribution in [0.2, 0.25) is 0 Å². The van der Waals surface area contributed by atoms with E-state index in [2.05, 4.69) is 31.4 Å². The van der Waals surface area contributed by atoms with E-state index >= 15 is 0 Å². The Labute approximate surface area is 151 Å². The Hall–Kier alpha value is -1.59. The molecular formula is C19H35N3O3. The van der Waals surface area contributed by atoms with Crippen LogP contribution in [0.5, 0.6) is 0 Å². The second kappa shape index (κ2) is 7.75. The molecule has 0 aliphatic heterocycles. The molecule has 0 saturated heterocycles. The fourth-order valence-corrected chi connectivity index (χ4v) is 3.34. The van der Waals surface area contributed by atoms with Gasteiger partial charge in [0.15, 0.2) is 5.78 Å². The highest BCUT2D eigenvalue weighted by Crippen LogP contribution is 2.46. The highest BCUT2D eigenvalue weighted by molar-refractivity contribution is 6.09. The van der Waals surface area contributed by atoms with Gasteiger partial charge in [-0.3, -0.25) is 9.59 Å². The van der Waals surface area contributed by atoms with Crippen LogP contribution in [0.3, 0.4) is 0 Å². The SMILES string of the molecule is CC(C)(C)C(=O)C1(C(=O)N[C@@H](CCCNC(N)=O)C(C)(C)C)CCC1. The van der Waals surface area contributed by atoms with Crippen LogP contribution in [0.1, 0.15) is 73.6 Å². The van der Waals surface area contributed by atoms with Crippen LogP contribution >= 0.6 is 0 Å². The van der Waals surface area contributed by atoms with Crippen molar-refractivity contribution in [2.24, 2.45) is 22.0 Å². The lowest BCUT2D eigenvalue weighted by atomic mass is 9.60. The summed E-state index contributed by atoms with van der Waals surface area (Å²) in [7, 11) is 0. The lowest BCUT2D eigenvalue weighted by molar-refractivity contribution is -0.154. The summed E-state index contributed by atoms with van der Waals surface area (Å²) in [6, 6.07) is -0.611. The molecule has 1 saturated carbocycles. The standard InChI is InChI=1S/C19H35N3O3/c1-17(2,3)13(9-7-12-21-16(20)25)22-15(24)19(10-8-11-19)14(23)18(4,5)6/h13H,7-12H2,1-6H3,(H,22,24)(H3,20,21,25)/t13-/m0/s1. The van der Waals surface area contributed by atoms with E-state index in [4.69, 9.17) is 5.73 Å². The molecule has 0 aromatic heterocycles. The lowest BCUT2D eigenvalue weighted by Gasteiger charge is -2.44. The number of hydrogen-bond acceptors (Lipinski definition) is 3. The van der Waals surface area contributed by atoms with E-state index in [0.29, 0.717) is 25.8 Å². The zero-order chi connectivity index (χ0) is 19.5. The Morgan fingerprint density at radius 2 is 1.64 bits per heavy atom. The first kappa shape index (κ1) is 21.5. The number of amides is 3. The lowest BCUT2D eigenvalue weighted by Crippen LogP contribution is -2.58. The molecule has 4 N–H and O–H groups in total. The third-order valence-corrected chi connectivity index (χ3v) is 5.08. The molecule has 0 heterocycles. The summed E-state index contributed by atoms with van der Waals surface area (Å²) < 4.78 is 0. The average molecular weight is 354 g/mol. The van der Waals surface area contributed by atoms with Crippen molar-refractivity contribution in [1.82, 2.24) is 10.6 Å². The predicted molar refractivity (Wildman–Crippen MR) is 99.0 cm³/mol. The number of ketones is 1. The summed E-state index contributed by atoms with van der Waals surface area (Å²) in [6.07, 6.45) is 3.61. The minimum atomic E-state index is -0.868. The minimum Gasteiger partial charge on any atom is -0.352 e. The molecule has 0 aromatic rings. The Kier molecular flexibility index (Phi) is 6.65.